The molecule has 1 aromatic carbocycles. The molecule has 0 radical (unpaired) electrons. The number of esters is 1. The molecule has 7 nitrogen and oxygen atoms in total. The molecule has 1 fully saturated rings. The molecule has 0 unspecified atom stereocenters. The number of carbonyl (C=O) groups excluding carboxylic acids is 3. The van der Waals surface area contributed by atoms with E-state index in [0.717, 1.165) is 6.07 Å². The minimum Gasteiger partial charge on any atom is -0.462 e. The van der Waals surface area contributed by atoms with Gasteiger partial charge in [-0.25, -0.2) is 4.79 Å². The molecule has 0 bridgehead atoms. The van der Waals surface area contributed by atoms with Crippen LogP contribution in [0, 0.1) is 13.8 Å². The summed E-state index contributed by atoms with van der Waals surface area (Å²) < 4.78 is 44.8. The number of Topliss-reactive ketones (excluding diaryl/α,β-unsaturated/α-hetero) is 1. The van der Waals surface area contributed by atoms with Crippen molar-refractivity contribution in [1.82, 2.24) is 14.8 Å². The third-order valence-corrected chi connectivity index (χ3v) is 5.69. The summed E-state index contributed by atoms with van der Waals surface area (Å²) in [5.41, 5.74) is 0.412. The van der Waals surface area contributed by atoms with E-state index in [1.807, 2.05) is 4.90 Å². The summed E-state index contributed by atoms with van der Waals surface area (Å²) in [4.78, 5) is 43.9. The number of alkyl halides is 3. The van der Waals surface area contributed by atoms with Gasteiger partial charge in [0.05, 0.1) is 35.5 Å². The standard InChI is InChI=1S/C23H26F3N3O4/c1-4-33-22(32)19-14(2)20(27-15(19)3)18(30)13-28-9-11-29(12-10-28)21(31)16-7-5-6-8-17(16)23(24,25)26/h5-8,27H,4,9-13H2,1-3H3. The molecule has 1 aromatic heterocycles. The maximum Gasteiger partial charge on any atom is 0.417 e. The van der Waals surface area contributed by atoms with Gasteiger partial charge in [-0.1, -0.05) is 12.1 Å². The number of benzene rings is 1. The number of nitrogens with one attached hydrogen (secondary N) is 1. The molecule has 178 valence electrons. The van der Waals surface area contributed by atoms with Gasteiger partial charge in [0.25, 0.3) is 5.91 Å². The molecule has 3 rings (SSSR count). The lowest BCUT2D eigenvalue weighted by molar-refractivity contribution is -0.138. The molecular formula is C23H26F3N3O4. The zero-order valence-electron chi connectivity index (χ0n) is 18.7. The van der Waals surface area contributed by atoms with Crippen molar-refractivity contribution < 1.29 is 32.3 Å². The Balaban J connectivity index is 1.64. The molecule has 1 aliphatic rings. The Kier molecular flexibility index (Phi) is 7.26. The quantitative estimate of drug-likeness (QED) is 0.522. The highest BCUT2D eigenvalue weighted by Crippen LogP contribution is 2.32. The van der Waals surface area contributed by atoms with E-state index in [1.54, 1.807) is 20.8 Å². The lowest BCUT2D eigenvalue weighted by Gasteiger charge is -2.34. The van der Waals surface area contributed by atoms with Crippen LogP contribution in [0.1, 0.15) is 54.9 Å². The van der Waals surface area contributed by atoms with Crippen molar-refractivity contribution in [1.29, 1.82) is 0 Å². The third-order valence-electron chi connectivity index (χ3n) is 5.69. The fourth-order valence-electron chi connectivity index (χ4n) is 4.02. The Morgan fingerprint density at radius 1 is 1.06 bits per heavy atom. The third kappa shape index (κ3) is 5.27. The van der Waals surface area contributed by atoms with E-state index in [0.29, 0.717) is 35.6 Å². The first-order valence-corrected chi connectivity index (χ1v) is 10.6. The Hall–Kier alpha value is -3.14. The summed E-state index contributed by atoms with van der Waals surface area (Å²) in [6, 6.07) is 4.73. The molecule has 1 N–H and O–H groups in total. The number of hydrogen-bond acceptors (Lipinski definition) is 5. The topological polar surface area (TPSA) is 82.7 Å². The van der Waals surface area contributed by atoms with E-state index >= 15 is 0 Å². The number of H-pyrrole nitrogens is 1. The number of ketones is 1. The minimum absolute atomic E-state index is 0.0597. The van der Waals surface area contributed by atoms with Gasteiger partial charge in [-0.05, 0) is 38.5 Å². The first kappa shape index (κ1) is 24.5. The minimum atomic E-state index is -4.62. The summed E-state index contributed by atoms with van der Waals surface area (Å²) in [6.45, 7) is 6.45. The number of piperazine rings is 1. The predicted molar refractivity (Wildman–Crippen MR) is 114 cm³/mol. The SMILES string of the molecule is CCOC(=O)c1c(C)[nH]c(C(=O)CN2CCN(C(=O)c3ccccc3C(F)(F)F)CC2)c1C. The van der Waals surface area contributed by atoms with Crippen molar-refractivity contribution in [2.75, 3.05) is 39.3 Å². The van der Waals surface area contributed by atoms with Gasteiger partial charge in [0.2, 0.25) is 0 Å². The number of amides is 1. The molecule has 2 heterocycles. The Bertz CT molecular complexity index is 1050. The van der Waals surface area contributed by atoms with Gasteiger partial charge in [0, 0.05) is 31.9 Å². The summed E-state index contributed by atoms with van der Waals surface area (Å²) in [5, 5.41) is 0. The maximum absolute atomic E-state index is 13.2. The average Bonchev–Trinajstić information content (AvgIpc) is 3.07. The Labute approximate surface area is 189 Å². The van der Waals surface area contributed by atoms with Crippen LogP contribution in [-0.4, -0.2) is 71.8 Å². The molecule has 33 heavy (non-hydrogen) atoms. The van der Waals surface area contributed by atoms with Crippen LogP contribution in [0.5, 0.6) is 0 Å². The number of aryl methyl sites for hydroxylation is 1. The zero-order valence-corrected chi connectivity index (χ0v) is 18.7. The van der Waals surface area contributed by atoms with Crippen molar-refractivity contribution >= 4 is 17.7 Å². The van der Waals surface area contributed by atoms with Crippen LogP contribution >= 0.6 is 0 Å². The molecule has 0 spiro atoms. The fraction of sp³-hybridized carbons (Fsp3) is 0.435. The second-order valence-corrected chi connectivity index (χ2v) is 7.88. The second kappa shape index (κ2) is 9.78. The van der Waals surface area contributed by atoms with Gasteiger partial charge in [-0.2, -0.15) is 13.2 Å². The highest BCUT2D eigenvalue weighted by molar-refractivity contribution is 6.02. The van der Waals surface area contributed by atoms with Gasteiger partial charge in [0.1, 0.15) is 0 Å². The van der Waals surface area contributed by atoms with Gasteiger partial charge >= 0.3 is 12.1 Å². The molecule has 1 aliphatic heterocycles. The van der Waals surface area contributed by atoms with Crippen molar-refractivity contribution in [3.05, 3.63) is 57.9 Å². The Morgan fingerprint density at radius 3 is 2.30 bits per heavy atom. The monoisotopic (exact) mass is 465 g/mol. The number of aromatic nitrogens is 1. The highest BCUT2D eigenvalue weighted by atomic mass is 19.4. The molecule has 2 aromatic rings. The first-order chi connectivity index (χ1) is 15.5. The van der Waals surface area contributed by atoms with Crippen molar-refractivity contribution in [3.63, 3.8) is 0 Å². The fourth-order valence-corrected chi connectivity index (χ4v) is 4.02. The van der Waals surface area contributed by atoms with E-state index in [2.05, 4.69) is 4.98 Å². The smallest absolute Gasteiger partial charge is 0.417 e. The molecule has 0 atom stereocenters. The van der Waals surface area contributed by atoms with E-state index in [9.17, 15) is 27.6 Å². The maximum atomic E-state index is 13.2. The van der Waals surface area contributed by atoms with Crippen molar-refractivity contribution in [2.45, 2.75) is 26.9 Å². The highest BCUT2D eigenvalue weighted by Gasteiger charge is 2.36. The van der Waals surface area contributed by atoms with Crippen LogP contribution < -0.4 is 0 Å². The number of halogens is 3. The molecule has 0 saturated carbocycles. The van der Waals surface area contributed by atoms with E-state index in [1.165, 1.54) is 23.1 Å². The number of aromatic amines is 1. The van der Waals surface area contributed by atoms with Crippen LogP contribution in [0.2, 0.25) is 0 Å². The van der Waals surface area contributed by atoms with E-state index < -0.39 is 23.6 Å². The largest absolute Gasteiger partial charge is 0.462 e. The van der Waals surface area contributed by atoms with Crippen LogP contribution in [0.25, 0.3) is 0 Å². The van der Waals surface area contributed by atoms with Crippen LogP contribution in [0.3, 0.4) is 0 Å². The van der Waals surface area contributed by atoms with E-state index in [-0.39, 0.29) is 37.6 Å². The van der Waals surface area contributed by atoms with Gasteiger partial charge < -0.3 is 14.6 Å². The number of carbonyl (C=O) groups is 3. The number of rotatable bonds is 6. The van der Waals surface area contributed by atoms with Crippen molar-refractivity contribution in [3.8, 4) is 0 Å². The normalized spacial score (nSPS) is 14.9. The summed E-state index contributed by atoms with van der Waals surface area (Å²) >= 11 is 0. The first-order valence-electron chi connectivity index (χ1n) is 10.6. The molecule has 10 heteroatoms. The zero-order chi connectivity index (χ0) is 24.3. The van der Waals surface area contributed by atoms with E-state index in [4.69, 9.17) is 4.74 Å². The number of hydrogen-bond donors (Lipinski definition) is 1. The summed E-state index contributed by atoms with van der Waals surface area (Å²) in [5.74, 6) is -1.38. The molecule has 0 aliphatic carbocycles. The molecule has 1 amide bonds. The lowest BCUT2D eigenvalue weighted by atomic mass is 10.1. The van der Waals surface area contributed by atoms with Crippen LogP contribution in [-0.2, 0) is 10.9 Å². The van der Waals surface area contributed by atoms with Crippen LogP contribution in [0.15, 0.2) is 24.3 Å². The van der Waals surface area contributed by atoms with Crippen molar-refractivity contribution in [2.24, 2.45) is 0 Å². The summed E-state index contributed by atoms with van der Waals surface area (Å²) in [6.07, 6.45) is -4.62. The number of nitrogens with zero attached hydrogens (tertiary/aromatic N) is 2. The number of ether oxygens (including phenoxy) is 1. The molecular weight excluding hydrogens is 439 g/mol. The van der Waals surface area contributed by atoms with Gasteiger partial charge in [-0.15, -0.1) is 0 Å². The van der Waals surface area contributed by atoms with Gasteiger partial charge in [0.15, 0.2) is 5.78 Å². The molecule has 1 saturated heterocycles. The Morgan fingerprint density at radius 2 is 1.70 bits per heavy atom. The predicted octanol–water partition coefficient (Wildman–Crippen LogP) is 3.47. The van der Waals surface area contributed by atoms with Gasteiger partial charge in [-0.3, -0.25) is 14.5 Å². The lowest BCUT2D eigenvalue weighted by Crippen LogP contribution is -2.50. The second-order valence-electron chi connectivity index (χ2n) is 7.88. The average molecular weight is 465 g/mol. The summed E-state index contributed by atoms with van der Waals surface area (Å²) in [7, 11) is 0. The van der Waals surface area contributed by atoms with Crippen LogP contribution in [0.4, 0.5) is 13.2 Å².